The van der Waals surface area contributed by atoms with Gasteiger partial charge in [-0.25, -0.2) is 9.97 Å². The molecule has 0 amide bonds. The second-order valence-electron chi connectivity index (χ2n) is 5.07. The molecule has 1 heterocycles. The van der Waals surface area contributed by atoms with Gasteiger partial charge in [0.2, 0.25) is 0 Å². The van der Waals surface area contributed by atoms with E-state index in [-0.39, 0.29) is 0 Å². The molecule has 94 valence electrons. The summed E-state index contributed by atoms with van der Waals surface area (Å²) in [6, 6.07) is 0.559. The summed E-state index contributed by atoms with van der Waals surface area (Å²) in [5.41, 5.74) is 0.964. The zero-order valence-electron chi connectivity index (χ0n) is 10.8. The van der Waals surface area contributed by atoms with Crippen molar-refractivity contribution >= 4 is 17.4 Å². The van der Waals surface area contributed by atoms with E-state index in [0.717, 1.165) is 36.0 Å². The molecule has 1 aliphatic rings. The van der Waals surface area contributed by atoms with Gasteiger partial charge in [0.05, 0.1) is 0 Å². The fourth-order valence-corrected chi connectivity index (χ4v) is 2.41. The molecule has 0 radical (unpaired) electrons. The molecule has 1 fully saturated rings. The Morgan fingerprint density at radius 1 is 1.35 bits per heavy atom. The topological polar surface area (TPSA) is 37.8 Å². The van der Waals surface area contributed by atoms with Crippen molar-refractivity contribution in [3.63, 3.8) is 0 Å². The molecule has 0 atom stereocenters. The van der Waals surface area contributed by atoms with Gasteiger partial charge in [-0.1, -0.05) is 25.4 Å². The maximum atomic E-state index is 6.14. The molecule has 2 rings (SSSR count). The smallest absolute Gasteiger partial charge is 0.137 e. The summed E-state index contributed by atoms with van der Waals surface area (Å²) < 4.78 is 0. The quantitative estimate of drug-likeness (QED) is 0.834. The number of aryl methyl sites for hydroxylation is 1. The lowest BCUT2D eigenvalue weighted by Gasteiger charge is -2.34. The highest BCUT2D eigenvalue weighted by atomic mass is 35.5. The highest BCUT2D eigenvalue weighted by Crippen LogP contribution is 2.30. The van der Waals surface area contributed by atoms with Gasteiger partial charge in [0.25, 0.3) is 0 Å². The van der Waals surface area contributed by atoms with Gasteiger partial charge in [0, 0.05) is 18.0 Å². The fourth-order valence-electron chi connectivity index (χ4n) is 2.22. The molecule has 0 unspecified atom stereocenters. The van der Waals surface area contributed by atoms with Crippen molar-refractivity contribution in [1.82, 2.24) is 9.97 Å². The average molecular weight is 254 g/mol. The van der Waals surface area contributed by atoms with Crippen LogP contribution in [0, 0.1) is 12.8 Å². The molecule has 1 aromatic heterocycles. The van der Waals surface area contributed by atoms with Crippen LogP contribution in [0.1, 0.15) is 44.5 Å². The second-order valence-corrected chi connectivity index (χ2v) is 5.43. The van der Waals surface area contributed by atoms with Gasteiger partial charge in [0.1, 0.15) is 16.8 Å². The standard InChI is InChI=1S/C13H20ClN3/c1-4-5-11-16-12(14)9(3)13(17-11)15-10-6-8(2)7-10/h8,10H,4-7H2,1-3H3,(H,15,16,17). The predicted molar refractivity (Wildman–Crippen MR) is 71.6 cm³/mol. The van der Waals surface area contributed by atoms with Crippen molar-refractivity contribution in [2.75, 3.05) is 5.32 Å². The SMILES string of the molecule is CCCc1nc(Cl)c(C)c(NC2CC(C)C2)n1. The maximum absolute atomic E-state index is 6.14. The molecule has 1 saturated carbocycles. The first kappa shape index (κ1) is 12.6. The molecule has 0 bridgehead atoms. The molecule has 0 aliphatic heterocycles. The molecular weight excluding hydrogens is 234 g/mol. The highest BCUT2D eigenvalue weighted by Gasteiger charge is 2.26. The van der Waals surface area contributed by atoms with Crippen molar-refractivity contribution in [3.8, 4) is 0 Å². The van der Waals surface area contributed by atoms with E-state index in [9.17, 15) is 0 Å². The summed E-state index contributed by atoms with van der Waals surface area (Å²) in [6.45, 7) is 6.38. The molecule has 1 N–H and O–H groups in total. The lowest BCUT2D eigenvalue weighted by atomic mass is 9.82. The van der Waals surface area contributed by atoms with Gasteiger partial charge in [0.15, 0.2) is 0 Å². The van der Waals surface area contributed by atoms with Crippen LogP contribution in [0.2, 0.25) is 5.15 Å². The van der Waals surface area contributed by atoms with Crippen molar-refractivity contribution in [2.45, 2.75) is 52.5 Å². The van der Waals surface area contributed by atoms with E-state index in [1.165, 1.54) is 12.8 Å². The molecule has 3 nitrogen and oxygen atoms in total. The molecule has 4 heteroatoms. The largest absolute Gasteiger partial charge is 0.367 e. The Kier molecular flexibility index (Phi) is 3.87. The van der Waals surface area contributed by atoms with Crippen LogP contribution in [0.25, 0.3) is 0 Å². The summed E-state index contributed by atoms with van der Waals surface area (Å²) in [5.74, 6) is 2.60. The number of nitrogens with zero attached hydrogens (tertiary/aromatic N) is 2. The normalized spacial score (nSPS) is 23.3. The molecule has 17 heavy (non-hydrogen) atoms. The van der Waals surface area contributed by atoms with E-state index in [1.54, 1.807) is 0 Å². The van der Waals surface area contributed by atoms with Crippen LogP contribution in [-0.4, -0.2) is 16.0 Å². The van der Waals surface area contributed by atoms with Crippen molar-refractivity contribution in [1.29, 1.82) is 0 Å². The zero-order chi connectivity index (χ0) is 12.4. The molecule has 0 spiro atoms. The van der Waals surface area contributed by atoms with Gasteiger partial charge in [-0.2, -0.15) is 0 Å². The maximum Gasteiger partial charge on any atom is 0.137 e. The third-order valence-corrected chi connectivity index (χ3v) is 3.69. The zero-order valence-corrected chi connectivity index (χ0v) is 11.5. The van der Waals surface area contributed by atoms with Crippen LogP contribution in [0.4, 0.5) is 5.82 Å². The summed E-state index contributed by atoms with van der Waals surface area (Å²) >= 11 is 6.14. The predicted octanol–water partition coefficient (Wildman–Crippen LogP) is 3.60. The molecule has 0 saturated heterocycles. The van der Waals surface area contributed by atoms with Crippen LogP contribution in [0.5, 0.6) is 0 Å². The number of rotatable bonds is 4. The fraction of sp³-hybridized carbons (Fsp3) is 0.692. The summed E-state index contributed by atoms with van der Waals surface area (Å²) in [4.78, 5) is 8.87. The van der Waals surface area contributed by atoms with Gasteiger partial charge >= 0.3 is 0 Å². The highest BCUT2D eigenvalue weighted by molar-refractivity contribution is 6.30. The minimum absolute atomic E-state index is 0.559. The Morgan fingerprint density at radius 2 is 2.06 bits per heavy atom. The molecule has 1 aromatic rings. The second kappa shape index (κ2) is 5.21. The summed E-state index contributed by atoms with van der Waals surface area (Å²) in [6.07, 6.45) is 4.38. The van der Waals surface area contributed by atoms with Crippen molar-refractivity contribution < 1.29 is 0 Å². The average Bonchev–Trinajstić information content (AvgIpc) is 2.23. The Bertz CT molecular complexity index is 400. The van der Waals surface area contributed by atoms with E-state index in [2.05, 4.69) is 29.1 Å². The summed E-state index contributed by atoms with van der Waals surface area (Å²) in [7, 11) is 0. The van der Waals surface area contributed by atoms with E-state index in [1.807, 2.05) is 6.92 Å². The number of hydrogen-bond acceptors (Lipinski definition) is 3. The number of anilines is 1. The Balaban J connectivity index is 2.13. The number of aromatic nitrogens is 2. The van der Waals surface area contributed by atoms with Crippen LogP contribution < -0.4 is 5.32 Å². The number of nitrogens with one attached hydrogen (secondary N) is 1. The third kappa shape index (κ3) is 2.89. The van der Waals surface area contributed by atoms with Gasteiger partial charge < -0.3 is 5.32 Å². The van der Waals surface area contributed by atoms with Gasteiger partial charge in [-0.05, 0) is 32.1 Å². The van der Waals surface area contributed by atoms with E-state index >= 15 is 0 Å². The minimum Gasteiger partial charge on any atom is -0.367 e. The first-order chi connectivity index (χ1) is 8.10. The lowest BCUT2D eigenvalue weighted by molar-refractivity contribution is 0.308. The van der Waals surface area contributed by atoms with Gasteiger partial charge in [-0.3, -0.25) is 0 Å². The molecule has 0 aromatic carbocycles. The van der Waals surface area contributed by atoms with E-state index in [0.29, 0.717) is 11.2 Å². The van der Waals surface area contributed by atoms with Crippen molar-refractivity contribution in [2.24, 2.45) is 5.92 Å². The Hall–Kier alpha value is -0.830. The van der Waals surface area contributed by atoms with Crippen LogP contribution >= 0.6 is 11.6 Å². The third-order valence-electron chi connectivity index (χ3n) is 3.32. The number of hydrogen-bond donors (Lipinski definition) is 1. The van der Waals surface area contributed by atoms with Crippen molar-refractivity contribution in [3.05, 3.63) is 16.5 Å². The molecular formula is C13H20ClN3. The lowest BCUT2D eigenvalue weighted by Crippen LogP contribution is -2.34. The van der Waals surface area contributed by atoms with Crippen LogP contribution in [0.15, 0.2) is 0 Å². The van der Waals surface area contributed by atoms with E-state index < -0.39 is 0 Å². The molecule has 1 aliphatic carbocycles. The monoisotopic (exact) mass is 253 g/mol. The van der Waals surface area contributed by atoms with Crippen LogP contribution in [-0.2, 0) is 6.42 Å². The number of halogens is 1. The first-order valence-corrected chi connectivity index (χ1v) is 6.77. The van der Waals surface area contributed by atoms with E-state index in [4.69, 9.17) is 11.6 Å². The minimum atomic E-state index is 0.559. The Morgan fingerprint density at radius 3 is 2.65 bits per heavy atom. The first-order valence-electron chi connectivity index (χ1n) is 6.39. The summed E-state index contributed by atoms with van der Waals surface area (Å²) in [5, 5.41) is 4.06. The van der Waals surface area contributed by atoms with Gasteiger partial charge in [-0.15, -0.1) is 0 Å². The van der Waals surface area contributed by atoms with Crippen LogP contribution in [0.3, 0.4) is 0 Å². The Labute approximate surface area is 108 Å².